The molecule has 0 aliphatic carbocycles. The molecule has 4 heteroatoms. The molecule has 1 saturated heterocycles. The van der Waals surface area contributed by atoms with Gasteiger partial charge in [0.2, 0.25) is 0 Å². The second kappa shape index (κ2) is 11.6. The van der Waals surface area contributed by atoms with Crippen LogP contribution in [0.2, 0.25) is 0 Å². The maximum atomic E-state index is 5.68. The summed E-state index contributed by atoms with van der Waals surface area (Å²) in [5, 5.41) is 3.00. The summed E-state index contributed by atoms with van der Waals surface area (Å²) in [6.45, 7) is 1.60. The minimum absolute atomic E-state index is 0.0238. The Labute approximate surface area is 151 Å². The maximum absolute atomic E-state index is 5.68. The van der Waals surface area contributed by atoms with Gasteiger partial charge in [-0.25, -0.2) is 0 Å². The highest BCUT2D eigenvalue weighted by Gasteiger charge is 2.12. The second-order valence-corrected chi connectivity index (χ2v) is 7.01. The van der Waals surface area contributed by atoms with Crippen LogP contribution in [0.5, 0.6) is 0 Å². The molecule has 0 radical (unpaired) electrons. The van der Waals surface area contributed by atoms with E-state index < -0.39 is 0 Å². The molecule has 1 heterocycles. The summed E-state index contributed by atoms with van der Waals surface area (Å²) in [7, 11) is 0. The molecule has 2 nitrogen and oxygen atoms in total. The Bertz CT molecular complexity index is 589. The van der Waals surface area contributed by atoms with Crippen molar-refractivity contribution in [2.45, 2.75) is 49.7 Å². The van der Waals surface area contributed by atoms with Crippen molar-refractivity contribution < 1.29 is 9.47 Å². The van der Waals surface area contributed by atoms with Gasteiger partial charge in [-0.3, -0.25) is 0 Å². The number of hydrogen-bond acceptors (Lipinski definition) is 3. The molecular formula is C19H21BrO2S. The van der Waals surface area contributed by atoms with Gasteiger partial charge in [0.1, 0.15) is 0 Å². The molecule has 122 valence electrons. The number of unbranched alkanes of at least 4 members (excludes halogenated alkanes) is 2. The Balaban J connectivity index is 1.52. The zero-order chi connectivity index (χ0) is 16.2. The van der Waals surface area contributed by atoms with Crippen molar-refractivity contribution in [1.82, 2.24) is 0 Å². The Hall–Kier alpha value is -0.910. The highest BCUT2D eigenvalue weighted by atomic mass is 79.9. The van der Waals surface area contributed by atoms with E-state index in [1.165, 1.54) is 18.2 Å². The summed E-state index contributed by atoms with van der Waals surface area (Å²) in [6.07, 6.45) is 6.37. The van der Waals surface area contributed by atoms with Gasteiger partial charge in [-0.1, -0.05) is 27.9 Å². The van der Waals surface area contributed by atoms with Gasteiger partial charge in [0.05, 0.1) is 0 Å². The lowest BCUT2D eigenvalue weighted by atomic mass is 10.2. The third-order valence-corrected chi connectivity index (χ3v) is 4.49. The fourth-order valence-electron chi connectivity index (χ4n) is 2.12. The van der Waals surface area contributed by atoms with Crippen LogP contribution in [0.4, 0.5) is 0 Å². The molecule has 2 rings (SSSR count). The summed E-state index contributed by atoms with van der Waals surface area (Å²) in [5.74, 6) is 8.87. The topological polar surface area (TPSA) is 18.5 Å². The standard InChI is InChI=1S/C19H21BrO2S/c20-17-10-9-11-18(16-17)23-15-8-4-2-1-3-6-13-21-19-12-5-7-14-22-19/h9-11,16,19H,1,3,5-7,12-14H2. The van der Waals surface area contributed by atoms with Crippen LogP contribution < -0.4 is 0 Å². The monoisotopic (exact) mass is 392 g/mol. The van der Waals surface area contributed by atoms with E-state index in [-0.39, 0.29) is 6.29 Å². The third kappa shape index (κ3) is 8.49. The number of halogens is 1. The minimum atomic E-state index is 0.0238. The molecule has 1 aromatic carbocycles. The fraction of sp³-hybridized carbons (Fsp3) is 0.474. The number of ether oxygens (including phenoxy) is 2. The Morgan fingerprint density at radius 2 is 2.22 bits per heavy atom. The van der Waals surface area contributed by atoms with E-state index in [4.69, 9.17) is 9.47 Å². The average molecular weight is 393 g/mol. The second-order valence-electron chi connectivity index (χ2n) is 5.21. The van der Waals surface area contributed by atoms with Gasteiger partial charge in [-0.15, -0.1) is 0 Å². The summed E-state index contributed by atoms with van der Waals surface area (Å²) >= 11 is 4.94. The van der Waals surface area contributed by atoms with E-state index in [1.807, 2.05) is 24.3 Å². The van der Waals surface area contributed by atoms with Crippen LogP contribution in [0.3, 0.4) is 0 Å². The van der Waals surface area contributed by atoms with Gasteiger partial charge in [-0.05, 0) is 79.2 Å². The zero-order valence-corrected chi connectivity index (χ0v) is 15.5. The van der Waals surface area contributed by atoms with Crippen molar-refractivity contribution in [1.29, 1.82) is 0 Å². The molecular weight excluding hydrogens is 372 g/mol. The van der Waals surface area contributed by atoms with Crippen LogP contribution >= 0.6 is 27.7 Å². The van der Waals surface area contributed by atoms with E-state index in [0.29, 0.717) is 0 Å². The number of hydrogen-bond donors (Lipinski definition) is 0. The summed E-state index contributed by atoms with van der Waals surface area (Å²) in [6, 6.07) is 8.08. The first-order valence-corrected chi connectivity index (χ1v) is 9.59. The summed E-state index contributed by atoms with van der Waals surface area (Å²) in [5.41, 5.74) is 0. The molecule has 0 N–H and O–H groups in total. The summed E-state index contributed by atoms with van der Waals surface area (Å²) < 4.78 is 12.3. The van der Waals surface area contributed by atoms with Crippen molar-refractivity contribution in [2.75, 3.05) is 13.2 Å². The van der Waals surface area contributed by atoms with Crippen molar-refractivity contribution in [2.24, 2.45) is 0 Å². The lowest BCUT2D eigenvalue weighted by Gasteiger charge is -2.22. The van der Waals surface area contributed by atoms with E-state index in [9.17, 15) is 0 Å². The van der Waals surface area contributed by atoms with Crippen molar-refractivity contribution in [3.8, 4) is 23.0 Å². The van der Waals surface area contributed by atoms with Crippen LogP contribution in [0.25, 0.3) is 0 Å². The molecule has 1 unspecified atom stereocenters. The predicted octanol–water partition coefficient (Wildman–Crippen LogP) is 5.22. The quantitative estimate of drug-likeness (QED) is 0.375. The SMILES string of the molecule is Brc1cccc(SC#CC#CCCCCOC2CCCCO2)c1. The van der Waals surface area contributed by atoms with Crippen LogP contribution in [-0.2, 0) is 9.47 Å². The maximum Gasteiger partial charge on any atom is 0.157 e. The van der Waals surface area contributed by atoms with E-state index in [1.54, 1.807) is 0 Å². The molecule has 23 heavy (non-hydrogen) atoms. The Kier molecular flexibility index (Phi) is 9.29. The Morgan fingerprint density at radius 1 is 1.26 bits per heavy atom. The fourth-order valence-corrected chi connectivity index (χ4v) is 3.22. The largest absolute Gasteiger partial charge is 0.353 e. The molecule has 0 bridgehead atoms. The molecule has 1 fully saturated rings. The molecule has 0 saturated carbocycles. The average Bonchev–Trinajstić information content (AvgIpc) is 2.57. The van der Waals surface area contributed by atoms with Crippen LogP contribution in [-0.4, -0.2) is 19.5 Å². The van der Waals surface area contributed by atoms with Gasteiger partial charge in [0, 0.05) is 29.0 Å². The normalized spacial score (nSPS) is 16.8. The molecule has 0 amide bonds. The third-order valence-electron chi connectivity index (χ3n) is 3.30. The number of thioether (sulfide) groups is 1. The molecule has 1 aromatic rings. The first kappa shape index (κ1) is 18.4. The van der Waals surface area contributed by atoms with Crippen molar-refractivity contribution in [3.05, 3.63) is 28.7 Å². The zero-order valence-electron chi connectivity index (χ0n) is 13.1. The van der Waals surface area contributed by atoms with Crippen LogP contribution in [0.1, 0.15) is 38.5 Å². The molecule has 0 spiro atoms. The highest BCUT2D eigenvalue weighted by Crippen LogP contribution is 2.20. The lowest BCUT2D eigenvalue weighted by molar-refractivity contribution is -0.162. The molecule has 1 aliphatic heterocycles. The molecule has 1 atom stereocenters. The first-order chi connectivity index (χ1) is 11.3. The van der Waals surface area contributed by atoms with Gasteiger partial charge in [-0.2, -0.15) is 0 Å². The van der Waals surface area contributed by atoms with Crippen LogP contribution in [0, 0.1) is 23.0 Å². The highest BCUT2D eigenvalue weighted by molar-refractivity contribution is 9.10. The van der Waals surface area contributed by atoms with Gasteiger partial charge in [0.15, 0.2) is 6.29 Å². The van der Waals surface area contributed by atoms with E-state index >= 15 is 0 Å². The van der Waals surface area contributed by atoms with E-state index in [0.717, 1.165) is 54.7 Å². The van der Waals surface area contributed by atoms with Crippen molar-refractivity contribution in [3.63, 3.8) is 0 Å². The van der Waals surface area contributed by atoms with Crippen molar-refractivity contribution >= 4 is 27.7 Å². The molecule has 1 aliphatic rings. The van der Waals surface area contributed by atoms with Gasteiger partial charge in [0.25, 0.3) is 0 Å². The Morgan fingerprint density at radius 3 is 3.04 bits per heavy atom. The number of benzene rings is 1. The van der Waals surface area contributed by atoms with Crippen LogP contribution in [0.15, 0.2) is 33.6 Å². The number of rotatable bonds is 6. The predicted molar refractivity (Wildman–Crippen MR) is 98.9 cm³/mol. The smallest absolute Gasteiger partial charge is 0.157 e. The van der Waals surface area contributed by atoms with Gasteiger partial charge < -0.3 is 9.47 Å². The molecule has 0 aromatic heterocycles. The first-order valence-electron chi connectivity index (χ1n) is 7.98. The van der Waals surface area contributed by atoms with E-state index in [2.05, 4.69) is 38.9 Å². The lowest BCUT2D eigenvalue weighted by Crippen LogP contribution is -2.22. The minimum Gasteiger partial charge on any atom is -0.353 e. The summed E-state index contributed by atoms with van der Waals surface area (Å²) in [4.78, 5) is 1.12. The van der Waals surface area contributed by atoms with Gasteiger partial charge >= 0.3 is 0 Å².